The maximum absolute atomic E-state index is 16.1. The highest BCUT2D eigenvalue weighted by Crippen LogP contribution is 2.36. The van der Waals surface area contributed by atoms with Crippen LogP contribution in [-0.2, 0) is 17.8 Å². The van der Waals surface area contributed by atoms with E-state index in [4.69, 9.17) is 11.6 Å². The van der Waals surface area contributed by atoms with E-state index in [9.17, 15) is 4.79 Å². The van der Waals surface area contributed by atoms with E-state index in [1.54, 1.807) is 30.2 Å². The van der Waals surface area contributed by atoms with E-state index >= 15 is 4.39 Å². The van der Waals surface area contributed by atoms with Gasteiger partial charge >= 0.3 is 0 Å². The zero-order chi connectivity index (χ0) is 27.2. The van der Waals surface area contributed by atoms with E-state index in [0.29, 0.717) is 32.4 Å². The molecule has 41 heavy (non-hydrogen) atoms. The molecule has 212 valence electrons. The number of amides is 1. The third-order valence-electron chi connectivity index (χ3n) is 7.59. The van der Waals surface area contributed by atoms with Crippen LogP contribution in [0.3, 0.4) is 0 Å². The number of thiazole rings is 1. The third-order valence-corrected chi connectivity index (χ3v) is 8.59. The van der Waals surface area contributed by atoms with Crippen molar-refractivity contribution in [3.05, 3.63) is 76.7 Å². The summed E-state index contributed by atoms with van der Waals surface area (Å²) in [6.07, 6.45) is 6.79. The van der Waals surface area contributed by atoms with Crippen molar-refractivity contribution >= 4 is 63.0 Å². The molecule has 9 nitrogen and oxygen atoms in total. The first-order valence-electron chi connectivity index (χ1n) is 13.2. The van der Waals surface area contributed by atoms with Crippen LogP contribution in [0.2, 0.25) is 5.02 Å². The summed E-state index contributed by atoms with van der Waals surface area (Å²) in [5.74, 6) is -0.835. The van der Waals surface area contributed by atoms with Gasteiger partial charge < -0.3 is 14.8 Å². The molecule has 1 amide bonds. The summed E-state index contributed by atoms with van der Waals surface area (Å²) in [5.41, 5.74) is 3.86. The summed E-state index contributed by atoms with van der Waals surface area (Å²) in [6, 6.07) is 8.55. The van der Waals surface area contributed by atoms with E-state index in [1.807, 2.05) is 24.3 Å². The molecule has 0 aliphatic carbocycles. The van der Waals surface area contributed by atoms with Crippen LogP contribution in [0, 0.1) is 5.82 Å². The number of aromatic nitrogens is 5. The minimum atomic E-state index is -0.914. The molecule has 0 saturated carbocycles. The Morgan fingerprint density at radius 3 is 2.71 bits per heavy atom. The lowest BCUT2D eigenvalue weighted by molar-refractivity contribution is -0.118. The fraction of sp³-hybridized carbons (Fsp3) is 0.286. The van der Waals surface area contributed by atoms with Gasteiger partial charge in [0.2, 0.25) is 0 Å². The first-order chi connectivity index (χ1) is 19.6. The molecule has 0 bridgehead atoms. The van der Waals surface area contributed by atoms with Gasteiger partial charge in [0.25, 0.3) is 5.91 Å². The Kier molecular flexibility index (Phi) is 7.69. The van der Waals surface area contributed by atoms with Gasteiger partial charge in [0.1, 0.15) is 5.52 Å². The minimum absolute atomic E-state index is 0. The summed E-state index contributed by atoms with van der Waals surface area (Å²) < 4.78 is 19.6. The minimum Gasteiger partial charge on any atom is -0.369 e. The molecule has 1 atom stereocenters. The lowest BCUT2D eigenvalue weighted by Gasteiger charge is -2.29. The van der Waals surface area contributed by atoms with E-state index in [1.165, 1.54) is 16.0 Å². The van der Waals surface area contributed by atoms with Crippen LogP contribution in [0.25, 0.3) is 22.0 Å². The van der Waals surface area contributed by atoms with Crippen LogP contribution in [0.5, 0.6) is 0 Å². The molecule has 1 unspecified atom stereocenters. The van der Waals surface area contributed by atoms with Gasteiger partial charge in [-0.15, -0.1) is 23.7 Å². The van der Waals surface area contributed by atoms with Crippen molar-refractivity contribution in [3.63, 3.8) is 0 Å². The van der Waals surface area contributed by atoms with Crippen molar-refractivity contribution in [2.24, 2.45) is 0 Å². The first kappa shape index (κ1) is 27.6. The van der Waals surface area contributed by atoms with Gasteiger partial charge in [-0.2, -0.15) is 5.10 Å². The molecule has 0 spiro atoms. The Morgan fingerprint density at radius 1 is 1.15 bits per heavy atom. The molecule has 0 radical (unpaired) electrons. The fourth-order valence-corrected chi connectivity index (χ4v) is 6.38. The van der Waals surface area contributed by atoms with Crippen molar-refractivity contribution in [2.75, 3.05) is 36.4 Å². The van der Waals surface area contributed by atoms with Gasteiger partial charge in [-0.3, -0.25) is 14.8 Å². The number of nitrogens with one attached hydrogen (secondary N) is 2. The molecule has 5 heterocycles. The molecule has 2 aromatic carbocycles. The zero-order valence-corrected chi connectivity index (χ0v) is 24.3. The Labute approximate surface area is 250 Å². The number of carbonyl (C=O) groups excluding carboxylic acids is 1. The maximum Gasteiger partial charge on any atom is 0.257 e. The largest absolute Gasteiger partial charge is 0.369 e. The van der Waals surface area contributed by atoms with Gasteiger partial charge in [0.15, 0.2) is 17.0 Å². The number of carbonyl (C=O) groups is 1. The number of piperazine rings is 1. The number of imidazole rings is 1. The van der Waals surface area contributed by atoms with Crippen LogP contribution in [-0.4, -0.2) is 56.4 Å². The molecule has 13 heteroatoms. The second-order valence-corrected chi connectivity index (χ2v) is 11.3. The highest BCUT2D eigenvalue weighted by molar-refractivity contribution is 7.13. The topological polar surface area (TPSA) is 92.9 Å². The van der Waals surface area contributed by atoms with Crippen LogP contribution < -0.4 is 15.5 Å². The summed E-state index contributed by atoms with van der Waals surface area (Å²) in [7, 11) is 0. The standard InChI is InChI=1S/C28H26ClFN8OS.ClH/c29-21-14-19(17-3-5-18(6-4-17)36-11-7-31-8-12-36)23(30)24-20(21)15-38(35-24)26(27(39)34-28-32-9-13-40-28)25-22-2-1-10-37(22)16-33-25;/h3-6,9,13-16,26,31H,1-2,7-8,10-12H2,(H,32,34,39);1H. The average molecular weight is 614 g/mol. The number of anilines is 2. The average Bonchev–Trinajstić information content (AvgIpc) is 3.78. The van der Waals surface area contributed by atoms with Gasteiger partial charge in [-0.1, -0.05) is 23.7 Å². The highest BCUT2D eigenvalue weighted by Gasteiger charge is 2.32. The molecule has 7 rings (SSSR count). The van der Waals surface area contributed by atoms with E-state index in [0.717, 1.165) is 56.9 Å². The molecular formula is C28H27Cl2FN8OS. The SMILES string of the molecule is Cl.O=C(Nc1nccs1)C(c1ncn2c1CCC2)n1cc2c(Cl)cc(-c3ccc(N4CCNCC4)cc3)c(F)c2n1. The monoisotopic (exact) mass is 612 g/mol. The Hall–Kier alpha value is -3.51. The second-order valence-electron chi connectivity index (χ2n) is 9.98. The van der Waals surface area contributed by atoms with Crippen molar-refractivity contribution < 1.29 is 9.18 Å². The Bertz CT molecular complexity index is 1700. The summed E-state index contributed by atoms with van der Waals surface area (Å²) in [4.78, 5) is 24.7. The molecule has 1 fully saturated rings. The number of hydrogen-bond acceptors (Lipinski definition) is 7. The lowest BCUT2D eigenvalue weighted by Crippen LogP contribution is -2.43. The van der Waals surface area contributed by atoms with Crippen molar-refractivity contribution in [2.45, 2.75) is 25.4 Å². The Balaban J connectivity index is 0.00000302. The van der Waals surface area contributed by atoms with Gasteiger partial charge in [0, 0.05) is 72.8 Å². The molecule has 3 aromatic heterocycles. The molecule has 2 N–H and O–H groups in total. The first-order valence-corrected chi connectivity index (χ1v) is 14.5. The lowest BCUT2D eigenvalue weighted by atomic mass is 10.0. The normalized spacial score (nSPS) is 15.5. The van der Waals surface area contributed by atoms with Gasteiger partial charge in [-0.25, -0.2) is 14.4 Å². The number of benzene rings is 2. The summed E-state index contributed by atoms with van der Waals surface area (Å²) in [6.45, 7) is 4.59. The van der Waals surface area contributed by atoms with Crippen molar-refractivity contribution in [1.82, 2.24) is 29.6 Å². The molecule has 2 aliphatic rings. The van der Waals surface area contributed by atoms with Crippen molar-refractivity contribution in [1.29, 1.82) is 0 Å². The predicted octanol–water partition coefficient (Wildman–Crippen LogP) is 5.15. The number of aryl methyl sites for hydroxylation is 1. The van der Waals surface area contributed by atoms with Gasteiger partial charge in [-0.05, 0) is 36.6 Å². The number of nitrogens with zero attached hydrogens (tertiary/aromatic N) is 6. The molecule has 1 saturated heterocycles. The number of hydrogen-bond donors (Lipinski definition) is 2. The van der Waals surface area contributed by atoms with E-state index in [-0.39, 0.29) is 23.8 Å². The Morgan fingerprint density at radius 2 is 1.95 bits per heavy atom. The molecular weight excluding hydrogens is 586 g/mol. The number of rotatable bonds is 6. The summed E-state index contributed by atoms with van der Waals surface area (Å²) in [5, 5.41) is 13.9. The van der Waals surface area contributed by atoms with E-state index < -0.39 is 11.9 Å². The zero-order valence-electron chi connectivity index (χ0n) is 21.9. The highest BCUT2D eigenvalue weighted by atomic mass is 35.5. The molecule has 2 aliphatic heterocycles. The summed E-state index contributed by atoms with van der Waals surface area (Å²) >= 11 is 8.03. The van der Waals surface area contributed by atoms with Crippen LogP contribution in [0.1, 0.15) is 23.9 Å². The number of fused-ring (bicyclic) bond motifs is 2. The third kappa shape index (κ3) is 5.07. The fourth-order valence-electron chi connectivity index (χ4n) is 5.60. The number of halogens is 3. The van der Waals surface area contributed by atoms with Crippen LogP contribution in [0.4, 0.5) is 15.2 Å². The smallest absolute Gasteiger partial charge is 0.257 e. The quantitative estimate of drug-likeness (QED) is 0.275. The maximum atomic E-state index is 16.1. The van der Waals surface area contributed by atoms with Crippen LogP contribution >= 0.6 is 35.3 Å². The predicted molar refractivity (Wildman–Crippen MR) is 162 cm³/mol. The molecule has 5 aromatic rings. The second kappa shape index (κ2) is 11.4. The van der Waals surface area contributed by atoms with Gasteiger partial charge in [0.05, 0.1) is 17.0 Å². The van der Waals surface area contributed by atoms with Crippen molar-refractivity contribution in [3.8, 4) is 11.1 Å². The van der Waals surface area contributed by atoms with Crippen LogP contribution in [0.15, 0.2) is 54.4 Å². The van der Waals surface area contributed by atoms with E-state index in [2.05, 4.69) is 35.2 Å².